The van der Waals surface area contributed by atoms with E-state index >= 15 is 0 Å². The molecule has 0 aliphatic heterocycles. The van der Waals surface area contributed by atoms with E-state index in [0.29, 0.717) is 12.1 Å². The van der Waals surface area contributed by atoms with E-state index in [1.54, 1.807) is 6.92 Å². The number of aromatic amines is 1. The minimum absolute atomic E-state index is 0.00263. The number of aliphatic hydroxyl groups excluding tert-OH is 1. The minimum atomic E-state index is -1.23. The van der Waals surface area contributed by atoms with Crippen molar-refractivity contribution in [2.75, 3.05) is 13.2 Å². The van der Waals surface area contributed by atoms with Crippen LogP contribution >= 0.6 is 0 Å². The maximum Gasteiger partial charge on any atom is 0.326 e. The molecule has 12 nitrogen and oxygen atoms in total. The molecule has 1 rings (SSSR count). The Morgan fingerprint density at radius 1 is 1.24 bits per heavy atom. The number of H-pyrrole nitrogens is 1. The van der Waals surface area contributed by atoms with Gasteiger partial charge in [-0.05, 0) is 5.92 Å². The maximum atomic E-state index is 12.7. The molecule has 0 radical (unpaired) electrons. The van der Waals surface area contributed by atoms with Crippen molar-refractivity contribution < 1.29 is 29.4 Å². The molecule has 1 aromatic rings. The number of hydrogen-bond acceptors (Lipinski definition) is 7. The summed E-state index contributed by atoms with van der Waals surface area (Å²) in [5.74, 6) is -3.54. The highest BCUT2D eigenvalue weighted by Gasteiger charge is 2.30. The number of amides is 3. The number of carbonyl (C=O) groups excluding carboxylic acids is 3. The van der Waals surface area contributed by atoms with Crippen LogP contribution < -0.4 is 21.7 Å². The van der Waals surface area contributed by atoms with Crippen LogP contribution in [0.5, 0.6) is 0 Å². The third-order valence-corrected chi connectivity index (χ3v) is 4.36. The summed E-state index contributed by atoms with van der Waals surface area (Å²) in [4.78, 5) is 54.4. The third-order valence-electron chi connectivity index (χ3n) is 4.36. The second kappa shape index (κ2) is 11.8. The van der Waals surface area contributed by atoms with Crippen molar-refractivity contribution in [1.82, 2.24) is 25.9 Å². The SMILES string of the molecule is CCC(C)C(NC(=O)CNC(=O)C(N)CO)C(=O)NC(Cc1cnc[nH]1)C(=O)O. The zero-order chi connectivity index (χ0) is 22.0. The predicted molar refractivity (Wildman–Crippen MR) is 101 cm³/mol. The largest absolute Gasteiger partial charge is 0.480 e. The summed E-state index contributed by atoms with van der Waals surface area (Å²) in [6.45, 7) is 2.54. The number of hydrogen-bond donors (Lipinski definition) is 7. The Kier molecular flexibility index (Phi) is 9.75. The van der Waals surface area contributed by atoms with E-state index < -0.39 is 55.0 Å². The molecule has 4 atom stereocenters. The summed E-state index contributed by atoms with van der Waals surface area (Å²) < 4.78 is 0. The molecule has 29 heavy (non-hydrogen) atoms. The molecule has 0 saturated heterocycles. The van der Waals surface area contributed by atoms with E-state index in [9.17, 15) is 24.3 Å². The lowest BCUT2D eigenvalue weighted by atomic mass is 9.97. The quantitative estimate of drug-likeness (QED) is 0.195. The van der Waals surface area contributed by atoms with Crippen LogP contribution in [0.25, 0.3) is 0 Å². The number of aliphatic hydroxyl groups is 1. The predicted octanol–water partition coefficient (Wildman–Crippen LogP) is -2.51. The van der Waals surface area contributed by atoms with Crippen molar-refractivity contribution in [3.05, 3.63) is 18.2 Å². The number of carbonyl (C=O) groups is 4. The fraction of sp³-hybridized carbons (Fsp3) is 0.588. The standard InChI is InChI=1S/C17H28N6O6/c1-3-9(2)14(23-13(25)6-20-15(26)11(18)7-24)16(27)22-12(17(28)29)4-10-5-19-8-21-10/h5,8-9,11-12,14,24H,3-4,6-7,18H2,1-2H3,(H,19,21)(H,20,26)(H,22,27)(H,23,25)(H,28,29). The van der Waals surface area contributed by atoms with Gasteiger partial charge in [0, 0.05) is 18.3 Å². The van der Waals surface area contributed by atoms with Crippen LogP contribution in [0.1, 0.15) is 26.0 Å². The number of nitrogens with zero attached hydrogens (tertiary/aromatic N) is 1. The molecule has 0 aliphatic carbocycles. The van der Waals surface area contributed by atoms with Gasteiger partial charge >= 0.3 is 5.97 Å². The molecule has 0 bridgehead atoms. The van der Waals surface area contributed by atoms with Crippen molar-refractivity contribution >= 4 is 23.7 Å². The highest BCUT2D eigenvalue weighted by molar-refractivity contribution is 5.92. The van der Waals surface area contributed by atoms with Crippen molar-refractivity contribution in [2.45, 2.75) is 44.8 Å². The normalized spacial score (nSPS) is 14.9. The van der Waals surface area contributed by atoms with Gasteiger partial charge in [-0.3, -0.25) is 14.4 Å². The number of aliphatic carboxylic acids is 1. The smallest absolute Gasteiger partial charge is 0.326 e. The summed E-state index contributed by atoms with van der Waals surface area (Å²) in [6.07, 6.45) is 3.39. The van der Waals surface area contributed by atoms with Crippen LogP contribution in [0.3, 0.4) is 0 Å². The second-order valence-electron chi connectivity index (χ2n) is 6.62. The summed E-state index contributed by atoms with van der Waals surface area (Å²) in [7, 11) is 0. The number of nitrogens with one attached hydrogen (secondary N) is 4. The minimum Gasteiger partial charge on any atom is -0.480 e. The van der Waals surface area contributed by atoms with E-state index in [1.807, 2.05) is 6.92 Å². The Balaban J connectivity index is 2.74. The van der Waals surface area contributed by atoms with Crippen LogP contribution in [0.15, 0.2) is 12.5 Å². The Morgan fingerprint density at radius 2 is 1.93 bits per heavy atom. The lowest BCUT2D eigenvalue weighted by Crippen LogP contribution is -2.56. The molecule has 4 unspecified atom stereocenters. The van der Waals surface area contributed by atoms with E-state index in [4.69, 9.17) is 10.8 Å². The van der Waals surface area contributed by atoms with Gasteiger partial charge in [-0.25, -0.2) is 9.78 Å². The van der Waals surface area contributed by atoms with E-state index in [2.05, 4.69) is 25.9 Å². The zero-order valence-corrected chi connectivity index (χ0v) is 16.3. The number of rotatable bonds is 12. The third kappa shape index (κ3) is 7.87. The van der Waals surface area contributed by atoms with E-state index in [1.165, 1.54) is 12.5 Å². The van der Waals surface area contributed by atoms with Gasteiger partial charge in [0.15, 0.2) is 0 Å². The molecule has 8 N–H and O–H groups in total. The number of imidazole rings is 1. The zero-order valence-electron chi connectivity index (χ0n) is 16.3. The molecule has 0 spiro atoms. The summed E-state index contributed by atoms with van der Waals surface area (Å²) in [5, 5.41) is 25.4. The van der Waals surface area contributed by atoms with Crippen molar-refractivity contribution in [1.29, 1.82) is 0 Å². The van der Waals surface area contributed by atoms with Gasteiger partial charge in [-0.2, -0.15) is 0 Å². The molecule has 0 saturated carbocycles. The number of aromatic nitrogens is 2. The average molecular weight is 412 g/mol. The maximum absolute atomic E-state index is 12.7. The van der Waals surface area contributed by atoms with Crippen LogP contribution in [0.4, 0.5) is 0 Å². The fourth-order valence-electron chi connectivity index (χ4n) is 2.39. The molecule has 0 aromatic carbocycles. The van der Waals surface area contributed by atoms with Gasteiger partial charge in [0.25, 0.3) is 0 Å². The second-order valence-corrected chi connectivity index (χ2v) is 6.62. The lowest BCUT2D eigenvalue weighted by Gasteiger charge is -2.25. The van der Waals surface area contributed by atoms with Gasteiger partial charge in [0.05, 0.1) is 19.5 Å². The molecular formula is C17H28N6O6. The first kappa shape index (κ1) is 24.0. The monoisotopic (exact) mass is 412 g/mol. The molecular weight excluding hydrogens is 384 g/mol. The van der Waals surface area contributed by atoms with Crippen LogP contribution in [0, 0.1) is 5.92 Å². The van der Waals surface area contributed by atoms with Gasteiger partial charge in [0.1, 0.15) is 18.1 Å². The van der Waals surface area contributed by atoms with E-state index in [-0.39, 0.29) is 12.3 Å². The lowest BCUT2D eigenvalue weighted by molar-refractivity contribution is -0.142. The number of carboxylic acid groups (broad SMARTS) is 1. The number of carboxylic acids is 1. The van der Waals surface area contributed by atoms with Crippen molar-refractivity contribution in [3.8, 4) is 0 Å². The Labute approximate surface area is 167 Å². The molecule has 0 aliphatic rings. The molecule has 0 fully saturated rings. The topological polar surface area (TPSA) is 200 Å². The first-order valence-corrected chi connectivity index (χ1v) is 9.13. The van der Waals surface area contributed by atoms with E-state index in [0.717, 1.165) is 0 Å². The van der Waals surface area contributed by atoms with Crippen LogP contribution in [-0.2, 0) is 25.6 Å². The fourth-order valence-corrected chi connectivity index (χ4v) is 2.39. The first-order valence-electron chi connectivity index (χ1n) is 9.13. The summed E-state index contributed by atoms with van der Waals surface area (Å²) >= 11 is 0. The van der Waals surface area contributed by atoms with Gasteiger partial charge in [-0.15, -0.1) is 0 Å². The van der Waals surface area contributed by atoms with Crippen molar-refractivity contribution in [2.24, 2.45) is 11.7 Å². The molecule has 1 aromatic heterocycles. The molecule has 12 heteroatoms. The molecule has 162 valence electrons. The van der Waals surface area contributed by atoms with Gasteiger partial charge in [0.2, 0.25) is 17.7 Å². The highest BCUT2D eigenvalue weighted by atomic mass is 16.4. The van der Waals surface area contributed by atoms with Crippen LogP contribution in [-0.4, -0.2) is 75.1 Å². The summed E-state index contributed by atoms with van der Waals surface area (Å²) in [5.41, 5.74) is 5.87. The molecule has 1 heterocycles. The Morgan fingerprint density at radius 3 is 2.45 bits per heavy atom. The van der Waals surface area contributed by atoms with Gasteiger partial charge in [-0.1, -0.05) is 20.3 Å². The average Bonchev–Trinajstić information content (AvgIpc) is 3.21. The summed E-state index contributed by atoms with van der Waals surface area (Å²) in [6, 6.07) is -3.37. The Bertz CT molecular complexity index is 695. The number of nitrogens with two attached hydrogens (primary N) is 1. The van der Waals surface area contributed by atoms with Gasteiger partial charge < -0.3 is 36.9 Å². The van der Waals surface area contributed by atoms with Crippen molar-refractivity contribution in [3.63, 3.8) is 0 Å². The Hall–Kier alpha value is -2.99. The van der Waals surface area contributed by atoms with Crippen LogP contribution in [0.2, 0.25) is 0 Å². The first-order chi connectivity index (χ1) is 13.7. The highest BCUT2D eigenvalue weighted by Crippen LogP contribution is 2.09. The molecule has 3 amide bonds.